The fourth-order valence-corrected chi connectivity index (χ4v) is 2.17. The number of carbonyl (C=O) groups is 1. The summed E-state index contributed by atoms with van der Waals surface area (Å²) in [5.41, 5.74) is 5.16. The molecule has 0 amide bonds. The van der Waals surface area contributed by atoms with Gasteiger partial charge >= 0.3 is 5.97 Å². The van der Waals surface area contributed by atoms with E-state index >= 15 is 0 Å². The van der Waals surface area contributed by atoms with Gasteiger partial charge in [0.2, 0.25) is 0 Å². The van der Waals surface area contributed by atoms with Gasteiger partial charge in [-0.25, -0.2) is 4.79 Å². The zero-order valence-corrected chi connectivity index (χ0v) is 14.9. The summed E-state index contributed by atoms with van der Waals surface area (Å²) in [5.74, 6) is -0.855. The minimum absolute atomic E-state index is 0.821. The second kappa shape index (κ2) is 12.0. The van der Waals surface area contributed by atoms with E-state index in [2.05, 4.69) is 45.9 Å². The molecule has 0 fully saturated rings. The average Bonchev–Trinajstić information content (AvgIpc) is 2.37. The topological polar surface area (TPSA) is 37.3 Å². The van der Waals surface area contributed by atoms with E-state index in [-0.39, 0.29) is 0 Å². The van der Waals surface area contributed by atoms with Crippen molar-refractivity contribution in [3.63, 3.8) is 0 Å². The van der Waals surface area contributed by atoms with Crippen LogP contribution in [0.25, 0.3) is 0 Å². The molecule has 0 aliphatic heterocycles. The molecule has 0 aromatic heterocycles. The maximum Gasteiger partial charge on any atom is 0.328 e. The zero-order valence-electron chi connectivity index (χ0n) is 14.9. The van der Waals surface area contributed by atoms with E-state index in [1.807, 2.05) is 6.92 Å². The highest BCUT2D eigenvalue weighted by Gasteiger charge is 1.95. The minimum Gasteiger partial charge on any atom is -0.478 e. The van der Waals surface area contributed by atoms with Crippen LogP contribution in [0.4, 0.5) is 0 Å². The van der Waals surface area contributed by atoms with Gasteiger partial charge < -0.3 is 5.11 Å². The van der Waals surface area contributed by atoms with Crippen LogP contribution in [0.15, 0.2) is 46.6 Å². The maximum atomic E-state index is 10.5. The lowest BCUT2D eigenvalue weighted by Crippen LogP contribution is -1.89. The summed E-state index contributed by atoms with van der Waals surface area (Å²) in [6.07, 6.45) is 14.3. The van der Waals surface area contributed by atoms with Crippen molar-refractivity contribution in [2.24, 2.45) is 0 Å². The molecule has 2 heteroatoms. The van der Waals surface area contributed by atoms with E-state index in [9.17, 15) is 4.79 Å². The first-order valence-electron chi connectivity index (χ1n) is 8.16. The van der Waals surface area contributed by atoms with Gasteiger partial charge in [-0.05, 0) is 73.1 Å². The fraction of sp³-hybridized carbons (Fsp3) is 0.550. The molecule has 0 aromatic rings. The van der Waals surface area contributed by atoms with Gasteiger partial charge in [-0.2, -0.15) is 0 Å². The number of carboxylic acids is 1. The monoisotopic (exact) mass is 306 g/mol. The van der Waals surface area contributed by atoms with Crippen LogP contribution in [0.5, 0.6) is 0 Å². The van der Waals surface area contributed by atoms with Crippen molar-refractivity contribution < 1.29 is 9.90 Å². The Bertz CT molecular complexity index is 458. The van der Waals surface area contributed by atoms with Crippen molar-refractivity contribution in [3.05, 3.63) is 46.6 Å². The van der Waals surface area contributed by atoms with Crippen LogP contribution in [-0.2, 0) is 4.79 Å². The van der Waals surface area contributed by atoms with Gasteiger partial charge in [0.1, 0.15) is 0 Å². The normalized spacial score (nSPS) is 13.2. The first kappa shape index (κ1) is 20.4. The number of aliphatic carboxylic acids is 1. The molecule has 0 radical (unpaired) electrons. The van der Waals surface area contributed by atoms with Gasteiger partial charge in [-0.3, -0.25) is 0 Å². The highest BCUT2D eigenvalue weighted by molar-refractivity contribution is 5.80. The Morgan fingerprint density at radius 1 is 0.727 bits per heavy atom. The summed E-state index contributed by atoms with van der Waals surface area (Å²) in [7, 11) is 0. The van der Waals surface area contributed by atoms with Gasteiger partial charge in [0, 0.05) is 6.08 Å². The Hall–Kier alpha value is -1.57. The van der Waals surface area contributed by atoms with Gasteiger partial charge in [0.25, 0.3) is 0 Å². The van der Waals surface area contributed by atoms with Crippen molar-refractivity contribution in [2.45, 2.75) is 73.1 Å². The largest absolute Gasteiger partial charge is 0.478 e. The number of carboxylic acid groups (broad SMARTS) is 1. The summed E-state index contributed by atoms with van der Waals surface area (Å²) < 4.78 is 0. The van der Waals surface area contributed by atoms with Crippen molar-refractivity contribution in [1.82, 2.24) is 0 Å². The number of allylic oxidation sites excluding steroid dienone is 7. The quantitative estimate of drug-likeness (QED) is 0.295. The highest BCUT2D eigenvalue weighted by atomic mass is 16.4. The van der Waals surface area contributed by atoms with Gasteiger partial charge in [0.05, 0.1) is 0 Å². The zero-order chi connectivity index (χ0) is 17.0. The van der Waals surface area contributed by atoms with Crippen LogP contribution in [-0.4, -0.2) is 11.1 Å². The summed E-state index contributed by atoms with van der Waals surface area (Å²) in [6, 6.07) is 0. The number of rotatable bonds is 10. The predicted octanol–water partition coefficient (Wildman–Crippen LogP) is 6.22. The van der Waals surface area contributed by atoms with E-state index < -0.39 is 5.97 Å². The van der Waals surface area contributed by atoms with Gasteiger partial charge in [-0.1, -0.05) is 40.5 Å². The molecule has 2 nitrogen and oxygen atoms in total. The SMILES string of the molecule is CC(C)=CCC/C(C)=C/CC/C(C)=C/CC/[13C]([13CH3])=C/C(=O)O. The van der Waals surface area contributed by atoms with E-state index in [1.54, 1.807) is 0 Å². The Balaban J connectivity index is 4.01. The van der Waals surface area contributed by atoms with Crippen molar-refractivity contribution >= 4 is 5.97 Å². The van der Waals surface area contributed by atoms with Crippen LogP contribution in [0.1, 0.15) is 73.1 Å². The summed E-state index contributed by atoms with van der Waals surface area (Å²) in [5, 5.41) is 8.65. The third-order valence-corrected chi connectivity index (χ3v) is 3.52. The molecule has 0 saturated carbocycles. The Kier molecular flexibility index (Phi) is 11.2. The Morgan fingerprint density at radius 2 is 1.14 bits per heavy atom. The van der Waals surface area contributed by atoms with Crippen LogP contribution in [0.3, 0.4) is 0 Å². The molecule has 124 valence electrons. The van der Waals surface area contributed by atoms with Crippen molar-refractivity contribution in [2.75, 3.05) is 0 Å². The second-order valence-corrected chi connectivity index (χ2v) is 6.33. The molecule has 0 unspecified atom stereocenters. The standard InChI is InChI=1S/C20H32O2/c1-16(2)9-6-10-17(3)11-7-12-18(4)13-8-14-19(5)15-20(21)22/h9,11,13,15H,6-8,10,12,14H2,1-5H3,(H,21,22)/b17-11+,18-13+,19-15+/i5+1,19+1. The molecule has 22 heavy (non-hydrogen) atoms. The third kappa shape index (κ3) is 13.4. The predicted molar refractivity (Wildman–Crippen MR) is 96.0 cm³/mol. The first-order chi connectivity index (χ1) is 10.3. The summed E-state index contributed by atoms with van der Waals surface area (Å²) in [6.45, 7) is 10.5. The molecule has 0 saturated heterocycles. The van der Waals surface area contributed by atoms with E-state index in [0.717, 1.165) is 44.1 Å². The van der Waals surface area contributed by atoms with E-state index in [4.69, 9.17) is 5.11 Å². The first-order valence-corrected chi connectivity index (χ1v) is 8.16. The molecule has 0 aliphatic rings. The molecule has 0 bridgehead atoms. The summed E-state index contributed by atoms with van der Waals surface area (Å²) >= 11 is 0. The molecular weight excluding hydrogens is 274 g/mol. The second-order valence-electron chi connectivity index (χ2n) is 6.33. The molecule has 0 rings (SSSR count). The fourth-order valence-electron chi connectivity index (χ4n) is 2.17. The van der Waals surface area contributed by atoms with Crippen molar-refractivity contribution in [3.8, 4) is 0 Å². The van der Waals surface area contributed by atoms with Gasteiger partial charge in [0.15, 0.2) is 0 Å². The number of hydrogen-bond donors (Lipinski definition) is 1. The van der Waals surface area contributed by atoms with Gasteiger partial charge in [-0.15, -0.1) is 0 Å². The summed E-state index contributed by atoms with van der Waals surface area (Å²) in [4.78, 5) is 10.5. The minimum atomic E-state index is -0.855. The van der Waals surface area contributed by atoms with Crippen LogP contribution >= 0.6 is 0 Å². The molecule has 0 atom stereocenters. The van der Waals surface area contributed by atoms with Crippen LogP contribution in [0.2, 0.25) is 0 Å². The lowest BCUT2D eigenvalue weighted by atomic mass is 10.1. The van der Waals surface area contributed by atoms with Crippen LogP contribution in [0, 0.1) is 0 Å². The number of hydrogen-bond acceptors (Lipinski definition) is 1. The smallest absolute Gasteiger partial charge is 0.328 e. The van der Waals surface area contributed by atoms with Crippen LogP contribution < -0.4 is 0 Å². The third-order valence-electron chi connectivity index (χ3n) is 3.52. The van der Waals surface area contributed by atoms with E-state index in [1.165, 1.54) is 22.8 Å². The Morgan fingerprint density at radius 3 is 1.55 bits per heavy atom. The molecule has 0 aliphatic carbocycles. The molecular formula is C20H32O2. The molecule has 1 N–H and O–H groups in total. The molecule has 0 aromatic carbocycles. The Labute approximate surface area is 136 Å². The molecule has 0 spiro atoms. The van der Waals surface area contributed by atoms with E-state index in [0.29, 0.717) is 0 Å². The lowest BCUT2D eigenvalue weighted by Gasteiger charge is -2.02. The maximum absolute atomic E-state index is 10.5. The average molecular weight is 306 g/mol. The molecule has 0 heterocycles. The van der Waals surface area contributed by atoms with Crippen molar-refractivity contribution in [1.29, 1.82) is 0 Å². The highest BCUT2D eigenvalue weighted by Crippen LogP contribution is 2.13. The lowest BCUT2D eigenvalue weighted by molar-refractivity contribution is -0.131.